The summed E-state index contributed by atoms with van der Waals surface area (Å²) in [5.41, 5.74) is 6.00. The first-order valence-corrected chi connectivity index (χ1v) is 12.4. The van der Waals surface area contributed by atoms with E-state index in [1.54, 1.807) is 6.92 Å². The molecule has 2 unspecified atom stereocenters. The molecule has 0 aliphatic heterocycles. The molecule has 32 heavy (non-hydrogen) atoms. The van der Waals surface area contributed by atoms with Gasteiger partial charge in [0, 0.05) is 5.57 Å². The fourth-order valence-electron chi connectivity index (χ4n) is 3.28. The lowest BCUT2D eigenvalue weighted by molar-refractivity contribution is -0.137. The Morgan fingerprint density at radius 3 is 2.16 bits per heavy atom. The summed E-state index contributed by atoms with van der Waals surface area (Å²) in [6.07, 6.45) is 14.4. The molecule has 0 radical (unpaired) electrons. The highest BCUT2D eigenvalue weighted by molar-refractivity contribution is 5.87. The van der Waals surface area contributed by atoms with Gasteiger partial charge in [0.1, 0.15) is 6.61 Å². The number of rotatable bonds is 12. The highest BCUT2D eigenvalue weighted by Crippen LogP contribution is 2.33. The molecule has 2 atom stereocenters. The fraction of sp³-hybridized carbons (Fsp3) is 0.567. The zero-order chi connectivity index (χ0) is 24.7. The van der Waals surface area contributed by atoms with Gasteiger partial charge in [0.05, 0.1) is 0 Å². The monoisotopic (exact) mass is 440 g/mol. The van der Waals surface area contributed by atoms with Crippen molar-refractivity contribution < 1.29 is 9.53 Å². The lowest BCUT2D eigenvalue weighted by atomic mass is 9.83. The first-order valence-electron chi connectivity index (χ1n) is 12.4. The standard InChI is InChI=1S/C27H40O2.C3H8/c1-9-20(5)11-12-22(7)24-13-15-25(16-14-24)23(8)26(17-21(6)10-2)18-29-27(28)19(3)4;1-3-2/h13,15,17,20,22H,3,6,8-12,14,16,18H2,1-2,4-5,7H3;3H2,1-2H3/b26-17-;. The van der Waals surface area contributed by atoms with E-state index in [0.717, 1.165) is 41.9 Å². The van der Waals surface area contributed by atoms with Crippen molar-refractivity contribution in [3.8, 4) is 0 Å². The molecular weight excluding hydrogens is 392 g/mol. The maximum atomic E-state index is 11.8. The summed E-state index contributed by atoms with van der Waals surface area (Å²) >= 11 is 0. The first-order chi connectivity index (χ1) is 15.1. The fourth-order valence-corrected chi connectivity index (χ4v) is 3.28. The lowest BCUT2D eigenvalue weighted by Crippen LogP contribution is -2.11. The number of esters is 1. The van der Waals surface area contributed by atoms with E-state index in [1.807, 2.05) is 6.08 Å². The molecule has 180 valence electrons. The van der Waals surface area contributed by atoms with E-state index >= 15 is 0 Å². The molecule has 0 saturated carbocycles. The van der Waals surface area contributed by atoms with Gasteiger partial charge in [-0.2, -0.15) is 0 Å². The number of hydrogen-bond acceptors (Lipinski definition) is 2. The minimum absolute atomic E-state index is 0.197. The van der Waals surface area contributed by atoms with E-state index in [9.17, 15) is 4.79 Å². The summed E-state index contributed by atoms with van der Waals surface area (Å²) in [4.78, 5) is 11.8. The molecule has 0 aromatic rings. The van der Waals surface area contributed by atoms with Crippen molar-refractivity contribution in [2.45, 2.75) is 93.4 Å². The van der Waals surface area contributed by atoms with Crippen LogP contribution in [-0.2, 0) is 9.53 Å². The van der Waals surface area contributed by atoms with Gasteiger partial charge in [-0.3, -0.25) is 0 Å². The van der Waals surface area contributed by atoms with Crippen molar-refractivity contribution in [2.75, 3.05) is 6.61 Å². The Hall–Kier alpha value is -2.09. The highest BCUT2D eigenvalue weighted by atomic mass is 16.5. The molecule has 0 amide bonds. The summed E-state index contributed by atoms with van der Waals surface area (Å²) in [6.45, 7) is 27.1. The van der Waals surface area contributed by atoms with E-state index in [0.29, 0.717) is 11.5 Å². The second-order valence-electron chi connectivity index (χ2n) is 9.15. The second-order valence-corrected chi connectivity index (χ2v) is 9.15. The molecule has 0 fully saturated rings. The molecule has 0 heterocycles. The molecule has 1 rings (SSSR count). The highest BCUT2D eigenvalue weighted by Gasteiger charge is 2.17. The third-order valence-corrected chi connectivity index (χ3v) is 5.92. The number of allylic oxidation sites excluding steroid dienone is 6. The van der Waals surface area contributed by atoms with Crippen LogP contribution in [0.5, 0.6) is 0 Å². The van der Waals surface area contributed by atoms with Crippen LogP contribution in [0.15, 0.2) is 71.4 Å². The van der Waals surface area contributed by atoms with Gasteiger partial charge >= 0.3 is 5.97 Å². The van der Waals surface area contributed by atoms with Crippen LogP contribution in [-0.4, -0.2) is 12.6 Å². The third-order valence-electron chi connectivity index (χ3n) is 5.92. The quantitative estimate of drug-likeness (QED) is 0.172. The summed E-state index contributed by atoms with van der Waals surface area (Å²) < 4.78 is 5.40. The molecule has 1 aliphatic carbocycles. The van der Waals surface area contributed by atoms with Crippen LogP contribution in [0.2, 0.25) is 0 Å². The molecule has 0 N–H and O–H groups in total. The van der Waals surface area contributed by atoms with E-state index in [4.69, 9.17) is 4.74 Å². The van der Waals surface area contributed by atoms with Gasteiger partial charge in [0.15, 0.2) is 0 Å². The Labute approximate surface area is 198 Å². The average molecular weight is 441 g/mol. The molecule has 0 spiro atoms. The molecule has 0 bridgehead atoms. The predicted octanol–water partition coefficient (Wildman–Crippen LogP) is 9.08. The largest absolute Gasteiger partial charge is 0.457 e. The van der Waals surface area contributed by atoms with Crippen LogP contribution < -0.4 is 0 Å². The summed E-state index contributed by atoms with van der Waals surface area (Å²) in [6, 6.07) is 0. The SMILES string of the molecule is C=C(/C=C(/COC(=O)C(=C)C)C(=C)C1=CC=C(C(C)CCC(C)CC)CC1)CC.CCC. The topological polar surface area (TPSA) is 26.3 Å². The predicted molar refractivity (Wildman–Crippen MR) is 142 cm³/mol. The number of carbonyl (C=O) groups excluding carboxylic acids is 1. The molecule has 2 heteroatoms. The van der Waals surface area contributed by atoms with Gasteiger partial charge in [0.25, 0.3) is 0 Å². The second kappa shape index (κ2) is 16.5. The van der Waals surface area contributed by atoms with E-state index < -0.39 is 0 Å². The molecule has 1 aliphatic rings. The Morgan fingerprint density at radius 2 is 1.69 bits per heavy atom. The average Bonchev–Trinajstić information content (AvgIpc) is 2.79. The Balaban J connectivity index is 0.00000302. The molecular formula is C30H48O2. The van der Waals surface area contributed by atoms with Gasteiger partial charge < -0.3 is 4.74 Å². The maximum absolute atomic E-state index is 11.8. The van der Waals surface area contributed by atoms with Crippen LogP contribution in [0.3, 0.4) is 0 Å². The van der Waals surface area contributed by atoms with Crippen molar-refractivity contribution in [3.63, 3.8) is 0 Å². The van der Waals surface area contributed by atoms with Gasteiger partial charge in [-0.05, 0) is 61.2 Å². The van der Waals surface area contributed by atoms with Gasteiger partial charge in [-0.15, -0.1) is 0 Å². The first kappa shape index (κ1) is 29.9. The van der Waals surface area contributed by atoms with E-state index in [2.05, 4.69) is 73.4 Å². The number of carbonyl (C=O) groups is 1. The van der Waals surface area contributed by atoms with Crippen molar-refractivity contribution >= 4 is 5.97 Å². The Morgan fingerprint density at radius 1 is 1.06 bits per heavy atom. The minimum Gasteiger partial charge on any atom is -0.457 e. The van der Waals surface area contributed by atoms with Gasteiger partial charge in [-0.1, -0.05) is 110 Å². The van der Waals surface area contributed by atoms with E-state index in [-0.39, 0.29) is 12.6 Å². The lowest BCUT2D eigenvalue weighted by Gasteiger charge is -2.23. The normalized spacial score (nSPS) is 15.4. The molecule has 0 aromatic heterocycles. The van der Waals surface area contributed by atoms with Crippen LogP contribution in [0.25, 0.3) is 0 Å². The number of ether oxygens (including phenoxy) is 1. The number of hydrogen-bond donors (Lipinski definition) is 0. The van der Waals surface area contributed by atoms with Crippen LogP contribution >= 0.6 is 0 Å². The molecule has 0 saturated heterocycles. The molecule has 0 aromatic carbocycles. The zero-order valence-corrected chi connectivity index (χ0v) is 22.0. The summed E-state index contributed by atoms with van der Waals surface area (Å²) in [5, 5.41) is 0. The van der Waals surface area contributed by atoms with Crippen LogP contribution in [0.4, 0.5) is 0 Å². The Bertz CT molecular complexity index is 730. The van der Waals surface area contributed by atoms with Crippen LogP contribution in [0, 0.1) is 11.8 Å². The minimum atomic E-state index is -0.374. The van der Waals surface area contributed by atoms with Crippen molar-refractivity contribution in [1.82, 2.24) is 0 Å². The van der Waals surface area contributed by atoms with Gasteiger partial charge in [0.2, 0.25) is 0 Å². The van der Waals surface area contributed by atoms with Crippen molar-refractivity contribution in [3.05, 3.63) is 71.4 Å². The van der Waals surface area contributed by atoms with Crippen molar-refractivity contribution in [2.24, 2.45) is 11.8 Å². The smallest absolute Gasteiger partial charge is 0.333 e. The third kappa shape index (κ3) is 11.5. The van der Waals surface area contributed by atoms with Crippen molar-refractivity contribution in [1.29, 1.82) is 0 Å². The summed E-state index contributed by atoms with van der Waals surface area (Å²) in [7, 11) is 0. The summed E-state index contributed by atoms with van der Waals surface area (Å²) in [5.74, 6) is 1.05. The Kier molecular flexibility index (Phi) is 15.5. The van der Waals surface area contributed by atoms with Crippen LogP contribution in [0.1, 0.15) is 93.4 Å². The molecule has 2 nitrogen and oxygen atoms in total. The van der Waals surface area contributed by atoms with Gasteiger partial charge in [-0.25, -0.2) is 4.79 Å². The zero-order valence-electron chi connectivity index (χ0n) is 22.0. The van der Waals surface area contributed by atoms with E-state index in [1.165, 1.54) is 36.8 Å². The maximum Gasteiger partial charge on any atom is 0.333 e.